The number of rotatable bonds is 19. The number of hydrogen-bond donors (Lipinski definition) is 2. The first-order valence-electron chi connectivity index (χ1n) is 19.9. The summed E-state index contributed by atoms with van der Waals surface area (Å²) in [6, 6.07) is 0. The van der Waals surface area contributed by atoms with Gasteiger partial charge in [-0.05, 0) is 80.5 Å². The molecule has 4 aliphatic carbocycles. The Labute approximate surface area is 269 Å². The number of fused-ring (bicyclic) bond motifs is 5. The molecular formula is C41H76N2. The lowest BCUT2D eigenvalue weighted by Gasteiger charge is -2.67. The number of hydrogen-bond acceptors (Lipinski definition) is 2. The third-order valence-corrected chi connectivity index (χ3v) is 14.5. The molecule has 0 aromatic heterocycles. The van der Waals surface area contributed by atoms with E-state index in [-0.39, 0.29) is 21.9 Å². The van der Waals surface area contributed by atoms with Crippen molar-refractivity contribution in [3.05, 3.63) is 11.6 Å². The average Bonchev–Trinajstić information content (AvgIpc) is 3.26. The Morgan fingerprint density at radius 2 is 1.23 bits per heavy atom. The Morgan fingerprint density at radius 3 is 1.79 bits per heavy atom. The predicted octanol–water partition coefficient (Wildman–Crippen LogP) is 12.0. The van der Waals surface area contributed by atoms with Crippen LogP contribution in [0.3, 0.4) is 0 Å². The van der Waals surface area contributed by atoms with Gasteiger partial charge in [-0.2, -0.15) is 0 Å². The van der Waals surface area contributed by atoms with E-state index in [2.05, 4.69) is 40.7 Å². The Hall–Kier alpha value is -0.340. The third kappa shape index (κ3) is 7.63. The van der Waals surface area contributed by atoms with E-state index >= 15 is 0 Å². The van der Waals surface area contributed by atoms with E-state index in [9.17, 15) is 0 Å². The smallest absolute Gasteiger partial charge is 0.0296 e. The minimum atomic E-state index is -0.114. The zero-order valence-electron chi connectivity index (χ0n) is 29.9. The maximum atomic E-state index is 7.66. The van der Waals surface area contributed by atoms with E-state index in [1.165, 1.54) is 161 Å². The van der Waals surface area contributed by atoms with Crippen LogP contribution >= 0.6 is 0 Å². The Balaban J connectivity index is 1.11. The summed E-state index contributed by atoms with van der Waals surface area (Å²) in [6.45, 7) is 12.4. The summed E-state index contributed by atoms with van der Waals surface area (Å²) < 4.78 is 0. The maximum absolute atomic E-state index is 7.66. The first-order chi connectivity index (χ1) is 20.6. The van der Waals surface area contributed by atoms with E-state index in [1.807, 2.05) is 0 Å². The molecule has 0 radical (unpaired) electrons. The summed E-state index contributed by atoms with van der Waals surface area (Å²) in [5, 5.41) is 0. The molecule has 1 unspecified atom stereocenters. The molecule has 3 saturated carbocycles. The molecule has 0 aliphatic heterocycles. The van der Waals surface area contributed by atoms with Gasteiger partial charge in [0, 0.05) is 16.5 Å². The van der Waals surface area contributed by atoms with Gasteiger partial charge in [0.15, 0.2) is 0 Å². The van der Waals surface area contributed by atoms with Crippen LogP contribution < -0.4 is 11.5 Å². The lowest BCUT2D eigenvalue weighted by molar-refractivity contribution is -0.0864. The lowest BCUT2D eigenvalue weighted by Crippen LogP contribution is -2.75. The second kappa shape index (κ2) is 16.0. The fourth-order valence-corrected chi connectivity index (χ4v) is 11.3. The maximum Gasteiger partial charge on any atom is 0.0296 e. The highest BCUT2D eigenvalue weighted by atomic mass is 15.0. The molecular weight excluding hydrogens is 520 g/mol. The molecule has 2 heteroatoms. The van der Waals surface area contributed by atoms with E-state index in [0.717, 1.165) is 24.2 Å². The molecule has 0 heterocycles. The summed E-state index contributed by atoms with van der Waals surface area (Å²) in [7, 11) is 0. The Bertz CT molecular complexity index is 864. The summed E-state index contributed by atoms with van der Waals surface area (Å²) in [6.07, 6.45) is 38.6. The molecule has 43 heavy (non-hydrogen) atoms. The van der Waals surface area contributed by atoms with E-state index in [4.69, 9.17) is 11.5 Å². The van der Waals surface area contributed by atoms with Gasteiger partial charge in [0.25, 0.3) is 0 Å². The first kappa shape index (κ1) is 35.5. The van der Waals surface area contributed by atoms with Crippen LogP contribution in [-0.4, -0.2) is 11.1 Å². The number of allylic oxidation sites excluding steroid dienone is 1. The molecule has 3 fully saturated rings. The van der Waals surface area contributed by atoms with Gasteiger partial charge in [-0.15, -0.1) is 0 Å². The number of unbranched alkanes of at least 4 members (excludes halogenated alkanes) is 16. The molecule has 0 aromatic carbocycles. The van der Waals surface area contributed by atoms with Crippen LogP contribution in [0.5, 0.6) is 0 Å². The van der Waals surface area contributed by atoms with Crippen LogP contribution in [0.15, 0.2) is 11.6 Å². The van der Waals surface area contributed by atoms with E-state index in [1.54, 1.807) is 5.57 Å². The highest BCUT2D eigenvalue weighted by Gasteiger charge is 2.69. The first-order valence-corrected chi connectivity index (χ1v) is 19.9. The van der Waals surface area contributed by atoms with Crippen LogP contribution in [0.25, 0.3) is 0 Å². The van der Waals surface area contributed by atoms with Crippen molar-refractivity contribution in [3.8, 4) is 0 Å². The molecule has 4 rings (SSSR count). The zero-order valence-corrected chi connectivity index (χ0v) is 29.9. The van der Waals surface area contributed by atoms with Crippen LogP contribution in [0.1, 0.15) is 202 Å². The second-order valence-electron chi connectivity index (χ2n) is 17.3. The highest BCUT2D eigenvalue weighted by Crippen LogP contribution is 2.69. The van der Waals surface area contributed by atoms with Crippen molar-refractivity contribution in [1.29, 1.82) is 0 Å². The zero-order chi connectivity index (χ0) is 31.0. The minimum absolute atomic E-state index is 0.0960. The largest absolute Gasteiger partial charge is 0.324 e. The normalized spacial score (nSPS) is 37.8. The van der Waals surface area contributed by atoms with Crippen molar-refractivity contribution in [3.63, 3.8) is 0 Å². The van der Waals surface area contributed by atoms with Gasteiger partial charge >= 0.3 is 0 Å². The topological polar surface area (TPSA) is 52.0 Å². The third-order valence-electron chi connectivity index (χ3n) is 14.5. The van der Waals surface area contributed by atoms with Crippen molar-refractivity contribution < 1.29 is 0 Å². The van der Waals surface area contributed by atoms with Gasteiger partial charge in [-0.25, -0.2) is 0 Å². The van der Waals surface area contributed by atoms with Crippen molar-refractivity contribution in [2.24, 2.45) is 46.0 Å². The molecule has 0 bridgehead atoms. The summed E-state index contributed by atoms with van der Waals surface area (Å²) in [4.78, 5) is 0. The minimum Gasteiger partial charge on any atom is -0.324 e. The summed E-state index contributed by atoms with van der Waals surface area (Å²) in [5.74, 6) is 2.81. The summed E-state index contributed by atoms with van der Waals surface area (Å²) in [5.41, 5.74) is 17.1. The molecule has 4 aliphatic rings. The van der Waals surface area contributed by atoms with Gasteiger partial charge in [-0.1, -0.05) is 162 Å². The molecule has 4 N–H and O–H groups in total. The molecule has 0 aromatic rings. The van der Waals surface area contributed by atoms with Crippen molar-refractivity contribution in [2.75, 3.05) is 0 Å². The van der Waals surface area contributed by atoms with Crippen molar-refractivity contribution in [2.45, 2.75) is 213 Å². The molecule has 0 amide bonds. The summed E-state index contributed by atoms with van der Waals surface area (Å²) >= 11 is 0. The SMILES string of the molecule is CCCCCCCCCCCCCCCCCCC[C@@H](C)[C@H]1CC[C@@]2(N)C3CC=C4C[C@@H](C)CC[C@]4(C)[C@@]3(N)CC[C@]12C. The molecule has 2 nitrogen and oxygen atoms in total. The standard InChI is InChI=1S/C41H76N2/c1-6-7-8-9-10-11-12-13-14-15-16-17-18-19-20-21-22-23-34(3)36-27-29-40(42)37-25-24-35-32-33(2)26-28-38(35,4)41(37,43)31-30-39(36,40)5/h24,33-34,36-37H,6-23,25-32,42-43H2,1-5H3/t33-,34+,36+,37?,38-,39+,40+,41+/m0/s1. The average molecular weight is 597 g/mol. The van der Waals surface area contributed by atoms with Crippen molar-refractivity contribution >= 4 is 0 Å². The van der Waals surface area contributed by atoms with Crippen LogP contribution in [0.2, 0.25) is 0 Å². The fourth-order valence-electron chi connectivity index (χ4n) is 11.3. The highest BCUT2D eigenvalue weighted by molar-refractivity contribution is 5.35. The van der Waals surface area contributed by atoms with E-state index < -0.39 is 0 Å². The number of nitrogens with two attached hydrogens (primary N) is 2. The Morgan fingerprint density at radius 1 is 0.698 bits per heavy atom. The lowest BCUT2D eigenvalue weighted by atomic mass is 9.41. The predicted molar refractivity (Wildman–Crippen MR) is 189 cm³/mol. The van der Waals surface area contributed by atoms with Crippen LogP contribution in [0.4, 0.5) is 0 Å². The molecule has 0 saturated heterocycles. The fraction of sp³-hybridized carbons (Fsp3) is 0.951. The van der Waals surface area contributed by atoms with Gasteiger partial charge in [0.2, 0.25) is 0 Å². The van der Waals surface area contributed by atoms with Crippen LogP contribution in [0, 0.1) is 34.5 Å². The van der Waals surface area contributed by atoms with Gasteiger partial charge in [-0.3, -0.25) is 0 Å². The van der Waals surface area contributed by atoms with Gasteiger partial charge < -0.3 is 11.5 Å². The monoisotopic (exact) mass is 597 g/mol. The van der Waals surface area contributed by atoms with Crippen LogP contribution in [-0.2, 0) is 0 Å². The Kier molecular flexibility index (Phi) is 13.2. The van der Waals surface area contributed by atoms with Crippen molar-refractivity contribution in [1.82, 2.24) is 0 Å². The van der Waals surface area contributed by atoms with Gasteiger partial charge in [0.1, 0.15) is 0 Å². The molecule has 250 valence electrons. The van der Waals surface area contributed by atoms with E-state index in [0.29, 0.717) is 5.92 Å². The van der Waals surface area contributed by atoms with Gasteiger partial charge in [0.05, 0.1) is 0 Å². The molecule has 0 spiro atoms. The molecule has 8 atom stereocenters. The quantitative estimate of drug-likeness (QED) is 0.115. The second-order valence-corrected chi connectivity index (χ2v) is 17.3.